The molecule has 2 aromatic heterocycles. The number of nitrogens with zero attached hydrogens (tertiary/aromatic N) is 6. The van der Waals surface area contributed by atoms with Crippen LogP contribution in [0.2, 0.25) is 5.02 Å². The lowest BCUT2D eigenvalue weighted by Crippen LogP contribution is -2.45. The second kappa shape index (κ2) is 8.68. The fourth-order valence-electron chi connectivity index (χ4n) is 3.55. The van der Waals surface area contributed by atoms with Crippen LogP contribution in [0.15, 0.2) is 30.3 Å². The molecule has 3 N–H and O–H groups in total. The van der Waals surface area contributed by atoms with Crippen molar-refractivity contribution in [3.05, 3.63) is 46.6 Å². The molecule has 2 fully saturated rings. The van der Waals surface area contributed by atoms with Gasteiger partial charge in [0.1, 0.15) is 0 Å². The Morgan fingerprint density at radius 1 is 1.03 bits per heavy atom. The van der Waals surface area contributed by atoms with E-state index in [0.29, 0.717) is 30.3 Å². The maximum absolute atomic E-state index is 5.99. The number of hydrogen-bond acceptors (Lipinski definition) is 8. The lowest BCUT2D eigenvalue weighted by molar-refractivity contribution is 0.311. The Balaban J connectivity index is 1.36. The number of halogens is 1. The van der Waals surface area contributed by atoms with Crippen molar-refractivity contribution in [3.63, 3.8) is 0 Å². The van der Waals surface area contributed by atoms with Gasteiger partial charge in [-0.25, -0.2) is 0 Å². The van der Waals surface area contributed by atoms with Crippen molar-refractivity contribution in [1.29, 1.82) is 0 Å². The summed E-state index contributed by atoms with van der Waals surface area (Å²) in [6.45, 7) is 4.31. The first-order valence-electron chi connectivity index (χ1n) is 10.6. The summed E-state index contributed by atoms with van der Waals surface area (Å²) in [5.74, 6) is 3.01. The van der Waals surface area contributed by atoms with Gasteiger partial charge in [-0.2, -0.15) is 20.1 Å². The van der Waals surface area contributed by atoms with Gasteiger partial charge in [0, 0.05) is 55.4 Å². The van der Waals surface area contributed by atoms with Gasteiger partial charge in [0.05, 0.1) is 0 Å². The molecule has 0 unspecified atom stereocenters. The zero-order chi connectivity index (χ0) is 21.2. The molecule has 1 aliphatic heterocycles. The van der Waals surface area contributed by atoms with Crippen molar-refractivity contribution in [2.24, 2.45) is 0 Å². The monoisotopic (exact) mass is 439 g/mol. The third kappa shape index (κ3) is 5.05. The van der Waals surface area contributed by atoms with Crippen molar-refractivity contribution < 1.29 is 0 Å². The number of nitrogens with one attached hydrogen (secondary N) is 3. The fourth-order valence-corrected chi connectivity index (χ4v) is 3.68. The molecule has 1 aliphatic carbocycles. The molecule has 5 rings (SSSR count). The van der Waals surface area contributed by atoms with E-state index in [0.717, 1.165) is 48.3 Å². The molecule has 0 bridgehead atoms. The number of likely N-dealkylation sites (N-methyl/N-ethyl adjacent to an activating group) is 1. The van der Waals surface area contributed by atoms with Crippen LogP contribution in [-0.2, 0) is 6.54 Å². The van der Waals surface area contributed by atoms with Crippen LogP contribution in [0, 0.1) is 0 Å². The van der Waals surface area contributed by atoms with E-state index in [9.17, 15) is 0 Å². The number of piperazine rings is 1. The quantitative estimate of drug-likeness (QED) is 0.516. The van der Waals surface area contributed by atoms with E-state index >= 15 is 0 Å². The summed E-state index contributed by atoms with van der Waals surface area (Å²) >= 11 is 5.99. The second-order valence-electron chi connectivity index (χ2n) is 8.16. The summed E-state index contributed by atoms with van der Waals surface area (Å²) in [5, 5.41) is 14.8. The molecule has 31 heavy (non-hydrogen) atoms. The highest BCUT2D eigenvalue weighted by Crippen LogP contribution is 2.39. The summed E-state index contributed by atoms with van der Waals surface area (Å²) in [7, 11) is 2.13. The Kier molecular flexibility index (Phi) is 5.61. The van der Waals surface area contributed by atoms with Crippen molar-refractivity contribution in [3.8, 4) is 0 Å². The molecular formula is C21H26ClN9. The summed E-state index contributed by atoms with van der Waals surface area (Å²) in [4.78, 5) is 18.4. The van der Waals surface area contributed by atoms with E-state index in [1.54, 1.807) is 0 Å². The minimum absolute atomic E-state index is 0.483. The molecule has 2 aliphatic rings. The molecule has 162 valence electrons. The maximum Gasteiger partial charge on any atom is 0.235 e. The van der Waals surface area contributed by atoms with Gasteiger partial charge < -0.3 is 20.4 Å². The smallest absolute Gasteiger partial charge is 0.235 e. The van der Waals surface area contributed by atoms with Crippen molar-refractivity contribution in [2.45, 2.75) is 25.3 Å². The summed E-state index contributed by atoms with van der Waals surface area (Å²) in [6, 6.07) is 9.77. The summed E-state index contributed by atoms with van der Waals surface area (Å²) < 4.78 is 0. The van der Waals surface area contributed by atoms with Crippen LogP contribution >= 0.6 is 11.6 Å². The average molecular weight is 440 g/mol. The predicted octanol–water partition coefficient (Wildman–Crippen LogP) is 3.23. The highest BCUT2D eigenvalue weighted by atomic mass is 35.5. The highest BCUT2D eigenvalue weighted by Gasteiger charge is 2.26. The zero-order valence-corrected chi connectivity index (χ0v) is 18.2. The zero-order valence-electron chi connectivity index (χ0n) is 17.5. The molecule has 1 saturated heterocycles. The molecule has 0 radical (unpaired) electrons. The van der Waals surface area contributed by atoms with E-state index in [1.165, 1.54) is 12.8 Å². The number of aromatic nitrogens is 5. The lowest BCUT2D eigenvalue weighted by atomic mass is 10.2. The molecule has 3 heterocycles. The third-order valence-corrected chi connectivity index (χ3v) is 5.88. The first kappa shape index (κ1) is 20.0. The number of H-pyrrole nitrogens is 1. The Bertz CT molecular complexity index is 1020. The van der Waals surface area contributed by atoms with Gasteiger partial charge in [0.15, 0.2) is 5.82 Å². The van der Waals surface area contributed by atoms with Crippen LogP contribution in [0.5, 0.6) is 0 Å². The lowest BCUT2D eigenvalue weighted by Gasteiger charge is -2.32. The molecular weight excluding hydrogens is 414 g/mol. The number of hydrogen-bond donors (Lipinski definition) is 3. The minimum Gasteiger partial charge on any atom is -0.350 e. The second-order valence-corrected chi connectivity index (χ2v) is 8.60. The van der Waals surface area contributed by atoms with Crippen molar-refractivity contribution in [2.75, 3.05) is 48.8 Å². The van der Waals surface area contributed by atoms with Crippen LogP contribution in [0.3, 0.4) is 0 Å². The summed E-state index contributed by atoms with van der Waals surface area (Å²) in [5.41, 5.74) is 2.26. The van der Waals surface area contributed by atoms with E-state index < -0.39 is 0 Å². The van der Waals surface area contributed by atoms with Gasteiger partial charge in [-0.3, -0.25) is 5.10 Å². The van der Waals surface area contributed by atoms with Crippen LogP contribution < -0.4 is 15.5 Å². The largest absolute Gasteiger partial charge is 0.350 e. The van der Waals surface area contributed by atoms with Gasteiger partial charge in [0.25, 0.3) is 0 Å². The maximum atomic E-state index is 5.99. The Morgan fingerprint density at radius 2 is 1.77 bits per heavy atom. The standard InChI is InChI=1S/C21H26ClN9/c1-30-8-10-31(11-9-30)21-26-19(23-13-14-2-6-16(22)7-3-14)25-20(27-21)24-18-12-17(28-29-18)15-4-5-15/h2-3,6-7,12,15H,4-5,8-11,13H2,1H3,(H3,23,24,25,26,27,28,29). The molecule has 9 nitrogen and oxygen atoms in total. The van der Waals surface area contributed by atoms with Crippen molar-refractivity contribution >= 4 is 35.3 Å². The average Bonchev–Trinajstić information content (AvgIpc) is 3.53. The Labute approximate surface area is 186 Å². The molecule has 0 atom stereocenters. The molecule has 1 saturated carbocycles. The first-order chi connectivity index (χ1) is 15.1. The Morgan fingerprint density at radius 3 is 2.52 bits per heavy atom. The normalized spacial score (nSPS) is 17.0. The number of aromatic amines is 1. The van der Waals surface area contributed by atoms with Crippen LogP contribution in [0.25, 0.3) is 0 Å². The minimum atomic E-state index is 0.483. The molecule has 3 aromatic rings. The molecule has 0 amide bonds. The molecule has 1 aromatic carbocycles. The SMILES string of the molecule is CN1CCN(c2nc(NCc3ccc(Cl)cc3)nc(Nc3cc(C4CC4)[nH]n3)n2)CC1. The van der Waals surface area contributed by atoms with Gasteiger partial charge in [-0.15, -0.1) is 0 Å². The number of anilines is 4. The van der Waals surface area contributed by atoms with Crippen LogP contribution in [0.1, 0.15) is 30.0 Å². The van der Waals surface area contributed by atoms with Crippen molar-refractivity contribution in [1.82, 2.24) is 30.0 Å². The van der Waals surface area contributed by atoms with E-state index in [-0.39, 0.29) is 0 Å². The predicted molar refractivity (Wildman–Crippen MR) is 122 cm³/mol. The van der Waals surface area contributed by atoms with E-state index in [4.69, 9.17) is 11.6 Å². The van der Waals surface area contributed by atoms with E-state index in [2.05, 4.69) is 52.6 Å². The topological polar surface area (TPSA) is 97.9 Å². The Hall–Kier alpha value is -2.91. The van der Waals surface area contributed by atoms with Gasteiger partial charge in [0.2, 0.25) is 17.8 Å². The first-order valence-corrected chi connectivity index (χ1v) is 11.0. The molecule has 0 spiro atoms. The van der Waals surface area contributed by atoms with E-state index in [1.807, 2.05) is 30.3 Å². The van der Waals surface area contributed by atoms with Gasteiger partial charge >= 0.3 is 0 Å². The number of rotatable bonds is 7. The fraction of sp³-hybridized carbons (Fsp3) is 0.429. The van der Waals surface area contributed by atoms with Crippen LogP contribution in [0.4, 0.5) is 23.7 Å². The van der Waals surface area contributed by atoms with Crippen LogP contribution in [-0.4, -0.2) is 63.3 Å². The summed E-state index contributed by atoms with van der Waals surface area (Å²) in [6.07, 6.45) is 2.44. The molecule has 10 heteroatoms. The van der Waals surface area contributed by atoms with Gasteiger partial charge in [-0.1, -0.05) is 23.7 Å². The number of benzene rings is 1. The highest BCUT2D eigenvalue weighted by molar-refractivity contribution is 6.30. The van der Waals surface area contributed by atoms with Gasteiger partial charge in [-0.05, 0) is 37.6 Å². The third-order valence-electron chi connectivity index (χ3n) is 5.63.